The van der Waals surface area contributed by atoms with Gasteiger partial charge in [-0.15, -0.1) is 11.3 Å². The van der Waals surface area contributed by atoms with Crippen LogP contribution in [0.4, 0.5) is 17.1 Å². The Labute approximate surface area is 414 Å². The van der Waals surface area contributed by atoms with Crippen molar-refractivity contribution >= 4 is 59.3 Å². The SMILES string of the molecule is CC1(C)c2ccccc2-c2cccc(-c3ccccc3-c3ccc(N(c4ccc(-c5cccc6c5sc5c7ccccc7ccc65)cc4)c4ccc5c(c4)C4(CC6CCC4C6)c4ccccc4-5)cc3)c21. The first-order valence-corrected chi connectivity index (χ1v) is 26.2. The van der Waals surface area contributed by atoms with Crippen LogP contribution in [-0.2, 0) is 10.8 Å². The Bertz CT molecular complexity index is 3950. The van der Waals surface area contributed by atoms with Crippen LogP contribution in [0.2, 0.25) is 0 Å². The first-order chi connectivity index (χ1) is 34.4. The van der Waals surface area contributed by atoms with Crippen molar-refractivity contribution in [3.63, 3.8) is 0 Å². The molecular formula is C68H51NS. The van der Waals surface area contributed by atoms with Gasteiger partial charge in [-0.2, -0.15) is 0 Å². The second kappa shape index (κ2) is 15.0. The summed E-state index contributed by atoms with van der Waals surface area (Å²) < 4.78 is 2.71. The number of hydrogen-bond donors (Lipinski definition) is 0. The summed E-state index contributed by atoms with van der Waals surface area (Å²) in [5.74, 6) is 1.51. The molecule has 4 aliphatic rings. The highest BCUT2D eigenvalue weighted by Gasteiger charge is 2.56. The molecule has 1 heterocycles. The molecule has 0 N–H and O–H groups in total. The quantitative estimate of drug-likeness (QED) is 0.161. The molecule has 1 aromatic heterocycles. The standard InChI is InChI=1S/C68H51NS/c1-67(2)61-23-9-7-18-55(61)58-21-12-20-57(64(58)67)53-16-6-5-14-50(53)44-26-32-47(33-27-44)69(49-36-38-56-54-17-8-10-24-62(54)68(63(56)40-49)41-42-25-31-46(68)39-42)48-34-28-45(29-35-48)52-19-11-22-59-60-37-30-43-13-3-4-15-51(43)66(60)70-65(52)59/h3-24,26-30,32-38,40,42,46H,25,31,39,41H2,1-2H3. The van der Waals surface area contributed by atoms with Crippen LogP contribution in [0.1, 0.15) is 61.8 Å². The van der Waals surface area contributed by atoms with E-state index in [0.29, 0.717) is 5.92 Å². The summed E-state index contributed by atoms with van der Waals surface area (Å²) in [6.07, 6.45) is 5.32. The van der Waals surface area contributed by atoms with Crippen molar-refractivity contribution in [2.24, 2.45) is 11.8 Å². The molecule has 2 saturated carbocycles. The minimum Gasteiger partial charge on any atom is -0.310 e. The Morgan fingerprint density at radius 3 is 1.71 bits per heavy atom. The fourth-order valence-corrected chi connectivity index (χ4v) is 15.7. The fourth-order valence-electron chi connectivity index (χ4n) is 14.3. The van der Waals surface area contributed by atoms with E-state index in [4.69, 9.17) is 0 Å². The molecule has 2 fully saturated rings. The van der Waals surface area contributed by atoms with Crippen LogP contribution in [0.25, 0.3) is 86.6 Å². The normalized spacial score (nSPS) is 18.9. The summed E-state index contributed by atoms with van der Waals surface area (Å²) in [4.78, 5) is 2.51. The third-order valence-corrected chi connectivity index (χ3v) is 18.6. The number of thiophene rings is 1. The minimum atomic E-state index is -0.108. The van der Waals surface area contributed by atoms with Crippen LogP contribution >= 0.6 is 11.3 Å². The van der Waals surface area contributed by atoms with Crippen molar-refractivity contribution in [2.45, 2.75) is 50.4 Å². The van der Waals surface area contributed by atoms with E-state index in [0.717, 1.165) is 17.3 Å². The third-order valence-electron chi connectivity index (χ3n) is 17.3. The Kier molecular flexibility index (Phi) is 8.65. The molecule has 0 aliphatic heterocycles. The lowest BCUT2D eigenvalue weighted by atomic mass is 9.67. The van der Waals surface area contributed by atoms with Gasteiger partial charge in [0, 0.05) is 48.1 Å². The molecule has 0 radical (unpaired) electrons. The second-order valence-corrected chi connectivity index (χ2v) is 22.2. The molecule has 3 unspecified atom stereocenters. The van der Waals surface area contributed by atoms with Gasteiger partial charge in [-0.05, 0) is 156 Å². The number of hydrogen-bond acceptors (Lipinski definition) is 2. The van der Waals surface area contributed by atoms with Crippen molar-refractivity contribution in [3.05, 3.63) is 235 Å². The molecule has 11 aromatic rings. The summed E-state index contributed by atoms with van der Waals surface area (Å²) in [6.45, 7) is 4.78. The lowest BCUT2D eigenvalue weighted by molar-refractivity contribution is 0.327. The molecule has 2 bridgehead atoms. The van der Waals surface area contributed by atoms with E-state index < -0.39 is 0 Å². The predicted molar refractivity (Wildman–Crippen MR) is 297 cm³/mol. The smallest absolute Gasteiger partial charge is 0.0465 e. The molecule has 1 spiro atoms. The van der Waals surface area contributed by atoms with Gasteiger partial charge in [0.1, 0.15) is 0 Å². The number of nitrogens with zero attached hydrogens (tertiary/aromatic N) is 1. The summed E-state index contributed by atoms with van der Waals surface area (Å²) in [5.41, 5.74) is 22.6. The Morgan fingerprint density at radius 2 is 0.971 bits per heavy atom. The van der Waals surface area contributed by atoms with E-state index in [1.165, 1.54) is 135 Å². The maximum atomic E-state index is 2.59. The first-order valence-electron chi connectivity index (χ1n) is 25.4. The van der Waals surface area contributed by atoms with Crippen molar-refractivity contribution in [1.29, 1.82) is 0 Å². The van der Waals surface area contributed by atoms with Crippen molar-refractivity contribution in [3.8, 4) is 55.6 Å². The molecule has 0 amide bonds. The fraction of sp³-hybridized carbons (Fsp3) is 0.147. The highest BCUT2D eigenvalue weighted by molar-refractivity contribution is 7.27. The van der Waals surface area contributed by atoms with E-state index in [2.05, 4.69) is 231 Å². The largest absolute Gasteiger partial charge is 0.310 e. The second-order valence-electron chi connectivity index (χ2n) is 21.1. The minimum absolute atomic E-state index is 0.0930. The molecule has 10 aromatic carbocycles. The van der Waals surface area contributed by atoms with Crippen LogP contribution in [-0.4, -0.2) is 0 Å². The van der Waals surface area contributed by atoms with Gasteiger partial charge in [0.2, 0.25) is 0 Å². The van der Waals surface area contributed by atoms with Crippen LogP contribution in [0.5, 0.6) is 0 Å². The zero-order valence-corrected chi connectivity index (χ0v) is 40.4. The van der Waals surface area contributed by atoms with Crippen LogP contribution in [0.15, 0.2) is 212 Å². The van der Waals surface area contributed by atoms with Crippen molar-refractivity contribution in [1.82, 2.24) is 0 Å². The summed E-state index contributed by atoms with van der Waals surface area (Å²) in [5, 5.41) is 5.29. The third kappa shape index (κ3) is 5.66. The molecule has 0 saturated heterocycles. The van der Waals surface area contributed by atoms with Crippen molar-refractivity contribution < 1.29 is 0 Å². The van der Waals surface area contributed by atoms with E-state index >= 15 is 0 Å². The summed E-state index contributed by atoms with van der Waals surface area (Å²) in [6, 6.07) is 80.7. The molecule has 1 nitrogen and oxygen atoms in total. The molecule has 2 heteroatoms. The molecular weight excluding hydrogens is 863 g/mol. The van der Waals surface area contributed by atoms with Gasteiger partial charge in [0.05, 0.1) is 0 Å². The number of rotatable bonds is 6. The molecule has 4 aliphatic carbocycles. The predicted octanol–water partition coefficient (Wildman–Crippen LogP) is 19.1. The van der Waals surface area contributed by atoms with Crippen LogP contribution in [0, 0.1) is 11.8 Å². The highest BCUT2D eigenvalue weighted by Crippen LogP contribution is 2.66. The topological polar surface area (TPSA) is 3.24 Å². The van der Waals surface area contributed by atoms with Crippen molar-refractivity contribution in [2.75, 3.05) is 4.90 Å². The van der Waals surface area contributed by atoms with E-state index in [1.807, 2.05) is 11.3 Å². The number of benzene rings is 10. The van der Waals surface area contributed by atoms with E-state index in [1.54, 1.807) is 5.56 Å². The average molecular weight is 914 g/mol. The Morgan fingerprint density at radius 1 is 0.414 bits per heavy atom. The summed E-state index contributed by atoms with van der Waals surface area (Å²) >= 11 is 1.93. The van der Waals surface area contributed by atoms with Crippen LogP contribution in [0.3, 0.4) is 0 Å². The van der Waals surface area contributed by atoms with Gasteiger partial charge in [-0.25, -0.2) is 0 Å². The number of fused-ring (bicyclic) bond motifs is 16. The molecule has 15 rings (SSSR count). The van der Waals surface area contributed by atoms with E-state index in [-0.39, 0.29) is 10.8 Å². The molecule has 70 heavy (non-hydrogen) atoms. The van der Waals surface area contributed by atoms with Gasteiger partial charge in [-0.1, -0.05) is 196 Å². The maximum absolute atomic E-state index is 2.59. The van der Waals surface area contributed by atoms with Gasteiger partial charge >= 0.3 is 0 Å². The van der Waals surface area contributed by atoms with Gasteiger partial charge < -0.3 is 4.90 Å². The Hall–Kier alpha value is -7.52. The van der Waals surface area contributed by atoms with Crippen LogP contribution < -0.4 is 4.90 Å². The monoisotopic (exact) mass is 913 g/mol. The summed E-state index contributed by atoms with van der Waals surface area (Å²) in [7, 11) is 0. The lowest BCUT2D eigenvalue weighted by Crippen LogP contribution is -2.32. The average Bonchev–Trinajstić information content (AvgIpc) is 4.24. The molecule has 334 valence electrons. The highest BCUT2D eigenvalue weighted by atomic mass is 32.1. The zero-order chi connectivity index (χ0) is 46.3. The van der Waals surface area contributed by atoms with Gasteiger partial charge in [-0.3, -0.25) is 0 Å². The zero-order valence-electron chi connectivity index (χ0n) is 39.5. The molecule has 3 atom stereocenters. The van der Waals surface area contributed by atoms with E-state index in [9.17, 15) is 0 Å². The van der Waals surface area contributed by atoms with Gasteiger partial charge in [0.25, 0.3) is 0 Å². The maximum Gasteiger partial charge on any atom is 0.0465 e. The first kappa shape index (κ1) is 40.4. The Balaban J connectivity index is 0.860. The number of anilines is 3. The van der Waals surface area contributed by atoms with Gasteiger partial charge in [0.15, 0.2) is 0 Å². The lowest BCUT2D eigenvalue weighted by Gasteiger charge is -2.37.